The number of nitrogens with one attached hydrogen (secondary N) is 1. The monoisotopic (exact) mass is 431 g/mol. The first kappa shape index (κ1) is 21.3. The van der Waals surface area contributed by atoms with Gasteiger partial charge in [0.2, 0.25) is 0 Å². The molecular formula is C21H22ClN3O3S. The number of hydrogen-bond acceptors (Lipinski definition) is 5. The average molecular weight is 432 g/mol. The predicted molar refractivity (Wildman–Crippen MR) is 115 cm³/mol. The van der Waals surface area contributed by atoms with Crippen molar-refractivity contribution in [3.63, 3.8) is 0 Å². The molecule has 1 unspecified atom stereocenters. The number of halogens is 1. The number of carbonyl (C=O) groups excluding carboxylic acids is 1. The van der Waals surface area contributed by atoms with E-state index in [1.807, 2.05) is 0 Å². The van der Waals surface area contributed by atoms with Crippen LogP contribution in [0.1, 0.15) is 60.0 Å². The maximum Gasteiger partial charge on any atom is 0.282 e. The summed E-state index contributed by atoms with van der Waals surface area (Å²) in [6.07, 6.45) is 3.76. The summed E-state index contributed by atoms with van der Waals surface area (Å²) in [5, 5.41) is 24.3. The Kier molecular flexibility index (Phi) is 5.97. The predicted octanol–water partition coefficient (Wildman–Crippen LogP) is 5.97. The summed E-state index contributed by atoms with van der Waals surface area (Å²) < 4.78 is 0. The van der Waals surface area contributed by atoms with Gasteiger partial charge in [-0.15, -0.1) is 11.3 Å². The molecular weight excluding hydrogens is 410 g/mol. The number of nitrogens with zero attached hydrogens (tertiary/aromatic N) is 2. The number of rotatable bonds is 5. The van der Waals surface area contributed by atoms with Crippen LogP contribution in [0.5, 0.6) is 0 Å². The van der Waals surface area contributed by atoms with Crippen molar-refractivity contribution in [2.75, 3.05) is 5.32 Å². The molecule has 6 nitrogen and oxygen atoms in total. The van der Waals surface area contributed by atoms with Crippen LogP contribution in [0.3, 0.4) is 0 Å². The number of anilines is 1. The summed E-state index contributed by atoms with van der Waals surface area (Å²) in [7, 11) is 0. The van der Waals surface area contributed by atoms with Gasteiger partial charge >= 0.3 is 0 Å². The van der Waals surface area contributed by atoms with E-state index in [0.29, 0.717) is 16.5 Å². The first-order chi connectivity index (χ1) is 13.7. The molecule has 1 amide bonds. The van der Waals surface area contributed by atoms with Crippen LogP contribution in [0, 0.1) is 32.8 Å². The Bertz CT molecular complexity index is 1020. The Morgan fingerprint density at radius 1 is 1.48 bits per heavy atom. The van der Waals surface area contributed by atoms with Gasteiger partial charge in [0.1, 0.15) is 16.6 Å². The van der Waals surface area contributed by atoms with Crippen LogP contribution in [-0.4, -0.2) is 10.8 Å². The summed E-state index contributed by atoms with van der Waals surface area (Å²) in [6.45, 7) is 6.72. The number of nitro groups is 1. The van der Waals surface area contributed by atoms with Gasteiger partial charge in [-0.1, -0.05) is 38.8 Å². The summed E-state index contributed by atoms with van der Waals surface area (Å²) in [5.41, 5.74) is 1.23. The first-order valence-corrected chi connectivity index (χ1v) is 10.7. The molecule has 0 spiro atoms. The van der Waals surface area contributed by atoms with E-state index in [1.165, 1.54) is 29.5 Å². The second kappa shape index (κ2) is 8.13. The number of nitriles is 1. The molecule has 0 radical (unpaired) electrons. The zero-order chi connectivity index (χ0) is 21.3. The lowest BCUT2D eigenvalue weighted by Gasteiger charge is -2.36. The third-order valence-electron chi connectivity index (χ3n) is 6.02. The van der Waals surface area contributed by atoms with E-state index < -0.39 is 10.8 Å². The lowest BCUT2D eigenvalue weighted by molar-refractivity contribution is -0.385. The lowest BCUT2D eigenvalue weighted by Crippen LogP contribution is -2.28. The minimum atomic E-state index is -0.639. The van der Waals surface area contributed by atoms with Crippen molar-refractivity contribution in [3.05, 3.63) is 54.9 Å². The van der Waals surface area contributed by atoms with Crippen LogP contribution < -0.4 is 5.32 Å². The van der Waals surface area contributed by atoms with Gasteiger partial charge in [-0.2, -0.15) is 5.26 Å². The molecule has 0 saturated carbocycles. The molecule has 29 heavy (non-hydrogen) atoms. The lowest BCUT2D eigenvalue weighted by atomic mass is 9.69. The van der Waals surface area contributed by atoms with E-state index in [0.717, 1.165) is 36.1 Å². The number of benzene rings is 1. The molecule has 0 aliphatic heterocycles. The molecule has 152 valence electrons. The number of fused-ring (bicyclic) bond motifs is 1. The Morgan fingerprint density at radius 3 is 2.83 bits per heavy atom. The zero-order valence-corrected chi connectivity index (χ0v) is 18.1. The molecule has 3 rings (SSSR count). The molecule has 1 heterocycles. The number of carbonyl (C=O) groups is 1. The minimum Gasteiger partial charge on any atom is -0.312 e. The zero-order valence-electron chi connectivity index (χ0n) is 16.5. The van der Waals surface area contributed by atoms with Gasteiger partial charge in [-0.05, 0) is 48.3 Å². The molecule has 8 heteroatoms. The standard InChI is InChI=1S/C21H22ClN3O3S/c1-4-21(2,3)12-5-7-14-16(11-23)20(29-18(14)9-12)24-19(26)15-10-13(22)6-8-17(15)25(27)28/h6,8,10,12H,4-5,7,9H2,1-3H3,(H,24,26). The van der Waals surface area contributed by atoms with Crippen molar-refractivity contribution >= 4 is 39.5 Å². The Labute approximate surface area is 178 Å². The highest BCUT2D eigenvalue weighted by molar-refractivity contribution is 7.16. The highest BCUT2D eigenvalue weighted by atomic mass is 35.5. The van der Waals surface area contributed by atoms with Gasteiger partial charge in [0, 0.05) is 16.0 Å². The van der Waals surface area contributed by atoms with Crippen molar-refractivity contribution in [2.45, 2.75) is 46.5 Å². The summed E-state index contributed by atoms with van der Waals surface area (Å²) >= 11 is 7.33. The number of amides is 1. The van der Waals surface area contributed by atoms with E-state index in [-0.39, 0.29) is 21.7 Å². The van der Waals surface area contributed by atoms with Crippen LogP contribution in [0.4, 0.5) is 10.7 Å². The van der Waals surface area contributed by atoms with E-state index in [2.05, 4.69) is 32.2 Å². The number of thiophene rings is 1. The van der Waals surface area contributed by atoms with E-state index in [1.54, 1.807) is 0 Å². The average Bonchev–Trinajstić information content (AvgIpc) is 3.03. The largest absolute Gasteiger partial charge is 0.312 e. The topological polar surface area (TPSA) is 96.0 Å². The van der Waals surface area contributed by atoms with Crippen molar-refractivity contribution in [1.82, 2.24) is 0 Å². The van der Waals surface area contributed by atoms with Crippen molar-refractivity contribution in [3.8, 4) is 6.07 Å². The van der Waals surface area contributed by atoms with Crippen LogP contribution in [0.25, 0.3) is 0 Å². The Balaban J connectivity index is 1.93. The Hall–Kier alpha value is -2.43. The normalized spacial score (nSPS) is 16.0. The quantitative estimate of drug-likeness (QED) is 0.465. The highest BCUT2D eigenvalue weighted by Crippen LogP contribution is 2.45. The van der Waals surface area contributed by atoms with Crippen LogP contribution in [0.15, 0.2) is 18.2 Å². The molecule has 2 aromatic rings. The molecule has 1 N–H and O–H groups in total. The van der Waals surface area contributed by atoms with Gasteiger partial charge in [-0.25, -0.2) is 0 Å². The van der Waals surface area contributed by atoms with E-state index >= 15 is 0 Å². The third kappa shape index (κ3) is 4.14. The maximum absolute atomic E-state index is 12.8. The van der Waals surface area contributed by atoms with Crippen LogP contribution in [-0.2, 0) is 12.8 Å². The fourth-order valence-electron chi connectivity index (χ4n) is 3.77. The number of nitro benzene ring substituents is 1. The van der Waals surface area contributed by atoms with Crippen molar-refractivity contribution in [1.29, 1.82) is 5.26 Å². The SMILES string of the molecule is CCC(C)(C)C1CCc2c(sc(NC(=O)c3cc(Cl)ccc3[N+](=O)[O-])c2C#N)C1. The molecule has 0 saturated heterocycles. The van der Waals surface area contributed by atoms with Gasteiger partial charge in [0.05, 0.1) is 10.5 Å². The molecule has 1 aliphatic rings. The molecule has 1 aromatic heterocycles. The van der Waals surface area contributed by atoms with Gasteiger partial charge < -0.3 is 5.32 Å². The fraction of sp³-hybridized carbons (Fsp3) is 0.429. The summed E-state index contributed by atoms with van der Waals surface area (Å²) in [5.74, 6) is -0.123. The molecule has 1 aromatic carbocycles. The number of hydrogen-bond donors (Lipinski definition) is 1. The van der Waals surface area contributed by atoms with Crippen LogP contribution in [0.2, 0.25) is 5.02 Å². The first-order valence-electron chi connectivity index (χ1n) is 9.47. The van der Waals surface area contributed by atoms with Gasteiger partial charge in [-0.3, -0.25) is 14.9 Å². The fourth-order valence-corrected chi connectivity index (χ4v) is 5.21. The highest BCUT2D eigenvalue weighted by Gasteiger charge is 2.34. The van der Waals surface area contributed by atoms with Gasteiger partial charge in [0.15, 0.2) is 0 Å². The van der Waals surface area contributed by atoms with Crippen LogP contribution >= 0.6 is 22.9 Å². The Morgan fingerprint density at radius 2 is 2.21 bits per heavy atom. The van der Waals surface area contributed by atoms with E-state index in [4.69, 9.17) is 11.6 Å². The second-order valence-corrected chi connectivity index (χ2v) is 9.52. The maximum atomic E-state index is 12.8. The summed E-state index contributed by atoms with van der Waals surface area (Å²) in [4.78, 5) is 24.5. The summed E-state index contributed by atoms with van der Waals surface area (Å²) in [6, 6.07) is 6.06. The molecule has 0 bridgehead atoms. The van der Waals surface area contributed by atoms with Crippen molar-refractivity contribution < 1.29 is 9.72 Å². The third-order valence-corrected chi connectivity index (χ3v) is 7.43. The van der Waals surface area contributed by atoms with E-state index in [9.17, 15) is 20.2 Å². The molecule has 1 aliphatic carbocycles. The van der Waals surface area contributed by atoms with Gasteiger partial charge in [0.25, 0.3) is 11.6 Å². The smallest absolute Gasteiger partial charge is 0.282 e. The minimum absolute atomic E-state index is 0.122. The second-order valence-electron chi connectivity index (χ2n) is 7.97. The molecule has 1 atom stereocenters. The molecule has 0 fully saturated rings. The van der Waals surface area contributed by atoms with Crippen molar-refractivity contribution in [2.24, 2.45) is 11.3 Å².